The number of carboxylic acid groups (broad SMARTS) is 1. The van der Waals surface area contributed by atoms with E-state index >= 15 is 0 Å². The zero-order chi connectivity index (χ0) is 22.6. The molecule has 0 spiro atoms. The van der Waals surface area contributed by atoms with Crippen LogP contribution in [0.4, 0.5) is 0 Å². The van der Waals surface area contributed by atoms with Gasteiger partial charge in [-0.2, -0.15) is 0 Å². The molecule has 0 amide bonds. The monoisotopic (exact) mass is 438 g/mol. The Bertz CT molecular complexity index is 1250. The summed E-state index contributed by atoms with van der Waals surface area (Å²) in [7, 11) is -1.07. The van der Waals surface area contributed by atoms with Gasteiger partial charge in [0.05, 0.1) is 24.1 Å². The van der Waals surface area contributed by atoms with Crippen molar-refractivity contribution in [2.45, 2.75) is 16.2 Å². The molecule has 0 aliphatic carbocycles. The average Bonchev–Trinajstić information content (AvgIpc) is 3.18. The number of nitrogens with two attached hydrogens (primary N) is 1. The number of ether oxygens (including phenoxy) is 1. The van der Waals surface area contributed by atoms with E-state index in [1.807, 2.05) is 12.1 Å². The maximum absolute atomic E-state index is 13.1. The minimum atomic E-state index is -4.41. The highest BCUT2D eigenvalue weighted by atomic mass is 32.2. The summed E-state index contributed by atoms with van der Waals surface area (Å²) in [5.41, 5.74) is 8.14. The van der Waals surface area contributed by atoms with Crippen molar-refractivity contribution in [1.82, 2.24) is 4.57 Å². The first-order valence-corrected chi connectivity index (χ1v) is 10.8. The Morgan fingerprint density at radius 2 is 1.68 bits per heavy atom. The van der Waals surface area contributed by atoms with Crippen LogP contribution >= 0.6 is 0 Å². The normalized spacial score (nSPS) is 13.0. The van der Waals surface area contributed by atoms with Crippen molar-refractivity contribution in [3.63, 3.8) is 0 Å². The topological polar surface area (TPSA) is 112 Å². The first kappa shape index (κ1) is 22.2. The van der Waals surface area contributed by atoms with Crippen LogP contribution in [0.2, 0.25) is 0 Å². The Kier molecular flexibility index (Phi) is 6.20. The van der Waals surface area contributed by atoms with E-state index in [4.69, 9.17) is 10.5 Å². The van der Waals surface area contributed by atoms with Crippen LogP contribution in [0.15, 0.2) is 71.8 Å². The average molecular weight is 439 g/mol. The van der Waals surface area contributed by atoms with Gasteiger partial charge in [-0.1, -0.05) is 30.2 Å². The Morgan fingerprint density at radius 3 is 2.16 bits per heavy atom. The van der Waals surface area contributed by atoms with Gasteiger partial charge in [0, 0.05) is 13.2 Å². The molecule has 0 saturated heterocycles. The second kappa shape index (κ2) is 8.68. The van der Waals surface area contributed by atoms with Gasteiger partial charge in [0.1, 0.15) is 5.75 Å². The van der Waals surface area contributed by atoms with Crippen LogP contribution in [0.5, 0.6) is 5.75 Å². The van der Waals surface area contributed by atoms with E-state index < -0.39 is 27.1 Å². The summed E-state index contributed by atoms with van der Waals surface area (Å²) in [5, 5.41) is 9.63. The van der Waals surface area contributed by atoms with E-state index in [0.29, 0.717) is 11.4 Å². The molecule has 7 nitrogen and oxygen atoms in total. The first-order chi connectivity index (χ1) is 14.7. The highest BCUT2D eigenvalue weighted by molar-refractivity contribution is 7.93. The number of carbonyl (C=O) groups is 1. The Hall–Kier alpha value is -3.54. The van der Waals surface area contributed by atoms with Crippen LogP contribution in [0.1, 0.15) is 12.1 Å². The number of aromatic nitrogens is 1. The molecule has 0 bridgehead atoms. The summed E-state index contributed by atoms with van der Waals surface area (Å²) in [6, 6.07) is 16.7. The number of benzene rings is 2. The summed E-state index contributed by atoms with van der Waals surface area (Å²) in [6.45, 7) is 0. The predicted molar refractivity (Wildman–Crippen MR) is 117 cm³/mol. The van der Waals surface area contributed by atoms with E-state index in [2.05, 4.69) is 11.8 Å². The largest absolute Gasteiger partial charge is 0.497 e. The van der Waals surface area contributed by atoms with E-state index in [9.17, 15) is 18.3 Å². The van der Waals surface area contributed by atoms with Crippen LogP contribution in [0.25, 0.3) is 11.1 Å². The second-order valence-electron chi connectivity index (χ2n) is 6.93. The molecule has 0 aliphatic heterocycles. The quantitative estimate of drug-likeness (QED) is 0.573. The zero-order valence-electron chi connectivity index (χ0n) is 17.1. The first-order valence-electron chi connectivity index (χ1n) is 9.30. The number of carboxylic acids is 1. The molecular weight excluding hydrogens is 416 g/mol. The Balaban J connectivity index is 1.90. The number of aryl methyl sites for hydroxylation is 1. The van der Waals surface area contributed by atoms with Crippen molar-refractivity contribution in [3.8, 4) is 28.7 Å². The third-order valence-electron chi connectivity index (χ3n) is 4.94. The van der Waals surface area contributed by atoms with Gasteiger partial charge >= 0.3 is 5.97 Å². The van der Waals surface area contributed by atoms with E-state index in [0.717, 1.165) is 11.1 Å². The fourth-order valence-electron chi connectivity index (χ4n) is 2.96. The molecule has 1 aromatic heterocycles. The van der Waals surface area contributed by atoms with E-state index in [-0.39, 0.29) is 4.90 Å². The van der Waals surface area contributed by atoms with Gasteiger partial charge in [-0.05, 0) is 53.4 Å². The lowest BCUT2D eigenvalue weighted by molar-refractivity contribution is -0.139. The minimum absolute atomic E-state index is 0.185. The number of rotatable bonds is 6. The van der Waals surface area contributed by atoms with Gasteiger partial charge in [-0.15, -0.1) is 0 Å². The lowest BCUT2D eigenvalue weighted by Crippen LogP contribution is -2.54. The molecule has 2 aromatic carbocycles. The van der Waals surface area contributed by atoms with Gasteiger partial charge in [-0.25, -0.2) is 13.2 Å². The third-order valence-corrected chi connectivity index (χ3v) is 7.11. The molecule has 3 aromatic rings. The smallest absolute Gasteiger partial charge is 0.340 e. The van der Waals surface area contributed by atoms with Crippen molar-refractivity contribution >= 4 is 15.8 Å². The number of hydrogen-bond donors (Lipinski definition) is 2. The highest BCUT2D eigenvalue weighted by Gasteiger charge is 2.48. The number of sulfone groups is 1. The molecular formula is C23H22N2O5S. The van der Waals surface area contributed by atoms with Crippen LogP contribution in [0.3, 0.4) is 0 Å². The van der Waals surface area contributed by atoms with Crippen LogP contribution in [-0.4, -0.2) is 36.0 Å². The van der Waals surface area contributed by atoms with Gasteiger partial charge in [0.2, 0.25) is 14.7 Å². The van der Waals surface area contributed by atoms with Crippen molar-refractivity contribution in [3.05, 3.63) is 72.6 Å². The van der Waals surface area contributed by atoms with E-state index in [1.165, 1.54) is 12.1 Å². The van der Waals surface area contributed by atoms with Crippen molar-refractivity contribution in [1.29, 1.82) is 0 Å². The standard InChI is InChI=1S/C23H22N2O5S/c1-25-16-4-6-19(25)5-3-15-23(24,22(26)27)31(28,29)21-13-9-18(10-14-21)17-7-11-20(30-2)12-8-17/h4,6-14,16H,15,24H2,1-2H3,(H,26,27). The predicted octanol–water partition coefficient (Wildman–Crippen LogP) is 2.66. The molecule has 1 heterocycles. The molecule has 1 atom stereocenters. The molecule has 0 saturated carbocycles. The molecule has 3 rings (SSSR count). The van der Waals surface area contributed by atoms with Gasteiger partial charge < -0.3 is 20.1 Å². The molecule has 3 N–H and O–H groups in total. The van der Waals surface area contributed by atoms with Crippen molar-refractivity contribution in [2.24, 2.45) is 12.8 Å². The molecule has 8 heteroatoms. The summed E-state index contributed by atoms with van der Waals surface area (Å²) in [5.74, 6) is 4.41. The van der Waals surface area contributed by atoms with Crippen LogP contribution < -0.4 is 10.5 Å². The number of aliphatic carboxylic acids is 1. The zero-order valence-corrected chi connectivity index (χ0v) is 17.9. The van der Waals surface area contributed by atoms with Crippen molar-refractivity contribution in [2.75, 3.05) is 7.11 Å². The van der Waals surface area contributed by atoms with E-state index in [1.54, 1.807) is 61.3 Å². The summed E-state index contributed by atoms with van der Waals surface area (Å²) >= 11 is 0. The summed E-state index contributed by atoms with van der Waals surface area (Å²) in [4.78, 5) is 9.10. The molecule has 0 fully saturated rings. The Morgan fingerprint density at radius 1 is 1.10 bits per heavy atom. The lowest BCUT2D eigenvalue weighted by atomic mass is 10.1. The number of hydrogen-bond acceptors (Lipinski definition) is 5. The fraction of sp³-hybridized carbons (Fsp3) is 0.174. The minimum Gasteiger partial charge on any atom is -0.497 e. The lowest BCUT2D eigenvalue weighted by Gasteiger charge is -2.22. The van der Waals surface area contributed by atoms with Gasteiger partial charge in [-0.3, -0.25) is 0 Å². The molecule has 160 valence electrons. The number of nitrogens with zero attached hydrogens (tertiary/aromatic N) is 1. The second-order valence-corrected chi connectivity index (χ2v) is 9.14. The molecule has 31 heavy (non-hydrogen) atoms. The van der Waals surface area contributed by atoms with Crippen LogP contribution in [-0.2, 0) is 21.7 Å². The molecule has 0 radical (unpaired) electrons. The van der Waals surface area contributed by atoms with Gasteiger partial charge in [0.15, 0.2) is 0 Å². The summed E-state index contributed by atoms with van der Waals surface area (Å²) in [6.07, 6.45) is 1.22. The molecule has 0 aliphatic rings. The fourth-order valence-corrected chi connectivity index (χ4v) is 4.37. The Labute approximate surface area is 181 Å². The number of methoxy groups -OCH3 is 1. The SMILES string of the molecule is COc1ccc(-c2ccc(S(=O)(=O)C(N)(CC#Cc3cccn3C)C(=O)O)cc2)cc1. The van der Waals surface area contributed by atoms with Crippen molar-refractivity contribution < 1.29 is 23.1 Å². The third kappa shape index (κ3) is 4.33. The highest BCUT2D eigenvalue weighted by Crippen LogP contribution is 2.28. The maximum atomic E-state index is 13.1. The van der Waals surface area contributed by atoms with Crippen LogP contribution in [0, 0.1) is 11.8 Å². The molecule has 1 unspecified atom stereocenters. The maximum Gasteiger partial charge on any atom is 0.340 e. The van der Waals surface area contributed by atoms with Gasteiger partial charge in [0.25, 0.3) is 0 Å². The summed E-state index contributed by atoms with van der Waals surface area (Å²) < 4.78 is 33.0.